The van der Waals surface area contributed by atoms with Gasteiger partial charge >= 0.3 is 0 Å². The van der Waals surface area contributed by atoms with Crippen LogP contribution in [0.25, 0.3) is 0 Å². The first kappa shape index (κ1) is 14.6. The summed E-state index contributed by atoms with van der Waals surface area (Å²) in [5, 5.41) is 2.89. The van der Waals surface area contributed by atoms with Gasteiger partial charge in [0.05, 0.1) is 6.04 Å². The standard InChI is InChI=1S/C13H24F2N2/c1-11(2)5-4-9-17(3)10-6-12-13(14,15)7-8-16-12/h5,12,16H,4,6-10H2,1-3H3. The van der Waals surface area contributed by atoms with E-state index in [2.05, 4.69) is 30.1 Å². The predicted molar refractivity (Wildman–Crippen MR) is 67.5 cm³/mol. The molecule has 0 radical (unpaired) electrons. The molecule has 1 N–H and O–H groups in total. The molecule has 2 nitrogen and oxygen atoms in total. The first-order valence-corrected chi connectivity index (χ1v) is 6.35. The maximum Gasteiger partial charge on any atom is 0.264 e. The molecule has 0 aromatic rings. The van der Waals surface area contributed by atoms with Crippen LogP contribution >= 0.6 is 0 Å². The minimum absolute atomic E-state index is 0.0147. The zero-order valence-electron chi connectivity index (χ0n) is 11.1. The minimum Gasteiger partial charge on any atom is -0.308 e. The highest BCUT2D eigenvalue weighted by atomic mass is 19.3. The number of halogens is 2. The monoisotopic (exact) mass is 246 g/mol. The maximum atomic E-state index is 13.3. The normalized spacial score (nSPS) is 23.1. The molecule has 0 aliphatic carbocycles. The second kappa shape index (κ2) is 6.45. The molecule has 0 aromatic heterocycles. The van der Waals surface area contributed by atoms with E-state index in [9.17, 15) is 8.78 Å². The van der Waals surface area contributed by atoms with Gasteiger partial charge in [-0.1, -0.05) is 11.6 Å². The van der Waals surface area contributed by atoms with Gasteiger partial charge in [0.2, 0.25) is 0 Å². The van der Waals surface area contributed by atoms with Crippen molar-refractivity contribution in [2.45, 2.75) is 45.1 Å². The van der Waals surface area contributed by atoms with Crippen LogP contribution in [0, 0.1) is 0 Å². The van der Waals surface area contributed by atoms with Gasteiger partial charge in [-0.15, -0.1) is 0 Å². The zero-order valence-corrected chi connectivity index (χ0v) is 11.1. The van der Waals surface area contributed by atoms with Crippen molar-refractivity contribution in [2.75, 3.05) is 26.7 Å². The first-order valence-electron chi connectivity index (χ1n) is 6.35. The number of nitrogens with zero attached hydrogens (tertiary/aromatic N) is 1. The lowest BCUT2D eigenvalue weighted by Crippen LogP contribution is -2.38. The Morgan fingerprint density at radius 2 is 2.12 bits per heavy atom. The molecule has 4 heteroatoms. The molecule has 0 aromatic carbocycles. The lowest BCUT2D eigenvalue weighted by molar-refractivity contribution is -0.0149. The van der Waals surface area contributed by atoms with Crippen molar-refractivity contribution in [1.82, 2.24) is 10.2 Å². The van der Waals surface area contributed by atoms with Crippen molar-refractivity contribution >= 4 is 0 Å². The molecular weight excluding hydrogens is 222 g/mol. The lowest BCUT2D eigenvalue weighted by atomic mass is 10.1. The van der Waals surface area contributed by atoms with E-state index in [-0.39, 0.29) is 6.42 Å². The van der Waals surface area contributed by atoms with Crippen molar-refractivity contribution in [1.29, 1.82) is 0 Å². The van der Waals surface area contributed by atoms with Crippen LogP contribution in [0.3, 0.4) is 0 Å². The van der Waals surface area contributed by atoms with Crippen LogP contribution in [0.5, 0.6) is 0 Å². The zero-order chi connectivity index (χ0) is 12.9. The molecule has 17 heavy (non-hydrogen) atoms. The van der Waals surface area contributed by atoms with Crippen LogP contribution in [0.1, 0.15) is 33.1 Å². The Morgan fingerprint density at radius 1 is 1.41 bits per heavy atom. The van der Waals surface area contributed by atoms with Crippen LogP contribution in [0.4, 0.5) is 8.78 Å². The predicted octanol–water partition coefficient (Wildman–Crippen LogP) is 2.66. The van der Waals surface area contributed by atoms with Crippen LogP contribution in [-0.4, -0.2) is 43.5 Å². The Balaban J connectivity index is 2.19. The van der Waals surface area contributed by atoms with Crippen LogP contribution in [0.15, 0.2) is 11.6 Å². The van der Waals surface area contributed by atoms with Gasteiger partial charge in [0.25, 0.3) is 5.92 Å². The second-order valence-corrected chi connectivity index (χ2v) is 5.18. The summed E-state index contributed by atoms with van der Waals surface area (Å²) in [4.78, 5) is 2.12. The summed E-state index contributed by atoms with van der Waals surface area (Å²) < 4.78 is 26.7. The third-order valence-corrected chi connectivity index (χ3v) is 3.22. The first-order chi connectivity index (χ1) is 7.92. The summed E-state index contributed by atoms with van der Waals surface area (Å²) in [6.45, 7) is 6.25. The average molecular weight is 246 g/mol. The molecule has 1 aliphatic rings. The molecule has 1 unspecified atom stereocenters. The van der Waals surface area contributed by atoms with E-state index in [1.54, 1.807) is 0 Å². The Kier molecular flexibility index (Phi) is 5.53. The van der Waals surface area contributed by atoms with E-state index in [1.165, 1.54) is 5.57 Å². The summed E-state index contributed by atoms with van der Waals surface area (Å²) in [6.07, 6.45) is 3.68. The molecule has 0 spiro atoms. The fourth-order valence-electron chi connectivity index (χ4n) is 2.08. The average Bonchev–Trinajstić information content (AvgIpc) is 2.54. The molecule has 1 atom stereocenters. The largest absolute Gasteiger partial charge is 0.308 e. The molecular formula is C13H24F2N2. The third-order valence-electron chi connectivity index (χ3n) is 3.22. The molecule has 100 valence electrons. The molecule has 1 aliphatic heterocycles. The van der Waals surface area contributed by atoms with Gasteiger partial charge in [-0.2, -0.15) is 0 Å². The van der Waals surface area contributed by atoms with Crippen molar-refractivity contribution in [3.63, 3.8) is 0 Å². The number of hydrogen-bond acceptors (Lipinski definition) is 2. The lowest BCUT2D eigenvalue weighted by Gasteiger charge is -2.22. The fraction of sp³-hybridized carbons (Fsp3) is 0.846. The van der Waals surface area contributed by atoms with E-state index < -0.39 is 12.0 Å². The number of nitrogens with one attached hydrogen (secondary N) is 1. The summed E-state index contributed by atoms with van der Waals surface area (Å²) in [6, 6.07) is -0.631. The molecule has 1 saturated heterocycles. The summed E-state index contributed by atoms with van der Waals surface area (Å²) in [7, 11) is 1.99. The number of hydrogen-bond donors (Lipinski definition) is 1. The highest BCUT2D eigenvalue weighted by molar-refractivity contribution is 4.93. The molecule has 0 saturated carbocycles. The molecule has 0 amide bonds. The highest BCUT2D eigenvalue weighted by Gasteiger charge is 2.43. The van der Waals surface area contributed by atoms with E-state index in [0.29, 0.717) is 13.0 Å². The van der Waals surface area contributed by atoms with Gasteiger partial charge in [-0.05, 0) is 40.3 Å². The quantitative estimate of drug-likeness (QED) is 0.725. The fourth-order valence-corrected chi connectivity index (χ4v) is 2.08. The van der Waals surface area contributed by atoms with E-state index in [0.717, 1.165) is 19.5 Å². The van der Waals surface area contributed by atoms with Gasteiger partial charge in [0.1, 0.15) is 0 Å². The Labute approximate surface area is 103 Å². The summed E-state index contributed by atoms with van der Waals surface area (Å²) in [5.41, 5.74) is 1.31. The van der Waals surface area contributed by atoms with Crippen molar-refractivity contribution in [2.24, 2.45) is 0 Å². The Bertz CT molecular complexity index is 260. The Hall–Kier alpha value is -0.480. The molecule has 1 rings (SSSR count). The van der Waals surface area contributed by atoms with Crippen LogP contribution < -0.4 is 5.32 Å². The van der Waals surface area contributed by atoms with E-state index in [4.69, 9.17) is 0 Å². The molecule has 1 heterocycles. The van der Waals surface area contributed by atoms with E-state index >= 15 is 0 Å². The maximum absolute atomic E-state index is 13.3. The van der Waals surface area contributed by atoms with Crippen molar-refractivity contribution in [3.8, 4) is 0 Å². The number of rotatable bonds is 6. The molecule has 0 bridgehead atoms. The Morgan fingerprint density at radius 3 is 2.65 bits per heavy atom. The van der Waals surface area contributed by atoms with Crippen LogP contribution in [-0.2, 0) is 0 Å². The third kappa shape index (κ3) is 5.13. The topological polar surface area (TPSA) is 15.3 Å². The van der Waals surface area contributed by atoms with Gasteiger partial charge in [-0.3, -0.25) is 0 Å². The van der Waals surface area contributed by atoms with Gasteiger partial charge in [-0.25, -0.2) is 8.78 Å². The molecule has 1 fully saturated rings. The number of allylic oxidation sites excluding steroid dienone is 1. The second-order valence-electron chi connectivity index (χ2n) is 5.18. The summed E-state index contributed by atoms with van der Waals surface area (Å²) in [5.74, 6) is -2.51. The smallest absolute Gasteiger partial charge is 0.264 e. The van der Waals surface area contributed by atoms with Gasteiger partial charge in [0.15, 0.2) is 0 Å². The van der Waals surface area contributed by atoms with Crippen molar-refractivity contribution in [3.05, 3.63) is 11.6 Å². The van der Waals surface area contributed by atoms with Crippen molar-refractivity contribution < 1.29 is 8.78 Å². The van der Waals surface area contributed by atoms with E-state index in [1.807, 2.05) is 7.05 Å². The van der Waals surface area contributed by atoms with Gasteiger partial charge < -0.3 is 10.2 Å². The van der Waals surface area contributed by atoms with Gasteiger partial charge in [0, 0.05) is 19.5 Å². The highest BCUT2D eigenvalue weighted by Crippen LogP contribution is 2.29. The summed E-state index contributed by atoms with van der Waals surface area (Å²) >= 11 is 0. The SMILES string of the molecule is CC(C)=CCCN(C)CCC1NCCC1(F)F. The number of alkyl halides is 2. The minimum atomic E-state index is -2.51. The van der Waals surface area contributed by atoms with Crippen LogP contribution in [0.2, 0.25) is 0 Å².